The van der Waals surface area contributed by atoms with Crippen molar-refractivity contribution in [2.75, 3.05) is 13.1 Å². The third kappa shape index (κ3) is 2.21. The summed E-state index contributed by atoms with van der Waals surface area (Å²) in [6, 6.07) is 8.06. The molecule has 0 aliphatic carbocycles. The SMILES string of the molecule is Cc1cc(Cl)ccc1C(C#N)N1CCCC1. The summed E-state index contributed by atoms with van der Waals surface area (Å²) in [4.78, 5) is 2.25. The highest BCUT2D eigenvalue weighted by Crippen LogP contribution is 2.28. The highest BCUT2D eigenvalue weighted by atomic mass is 35.5. The molecular formula is C13H15ClN2. The van der Waals surface area contributed by atoms with E-state index in [1.165, 1.54) is 12.8 Å². The maximum Gasteiger partial charge on any atom is 0.124 e. The number of likely N-dealkylation sites (tertiary alicyclic amines) is 1. The van der Waals surface area contributed by atoms with Crippen LogP contribution in [0.25, 0.3) is 0 Å². The molecule has 2 nitrogen and oxygen atoms in total. The average Bonchev–Trinajstić information content (AvgIpc) is 2.75. The Kier molecular flexibility index (Phi) is 3.48. The van der Waals surface area contributed by atoms with Crippen LogP contribution < -0.4 is 0 Å². The first-order chi connectivity index (χ1) is 7.72. The van der Waals surface area contributed by atoms with Crippen molar-refractivity contribution in [3.63, 3.8) is 0 Å². The van der Waals surface area contributed by atoms with Crippen LogP contribution in [0.15, 0.2) is 18.2 Å². The molecule has 0 spiro atoms. The number of hydrogen-bond acceptors (Lipinski definition) is 2. The van der Waals surface area contributed by atoms with Crippen molar-refractivity contribution in [3.05, 3.63) is 34.3 Å². The van der Waals surface area contributed by atoms with E-state index >= 15 is 0 Å². The molecule has 1 aromatic rings. The molecule has 1 heterocycles. The summed E-state index contributed by atoms with van der Waals surface area (Å²) >= 11 is 5.93. The van der Waals surface area contributed by atoms with Gasteiger partial charge in [0.1, 0.15) is 6.04 Å². The quantitative estimate of drug-likeness (QED) is 0.785. The summed E-state index contributed by atoms with van der Waals surface area (Å²) in [5.41, 5.74) is 2.19. The first-order valence-electron chi connectivity index (χ1n) is 5.62. The molecule has 84 valence electrons. The van der Waals surface area contributed by atoms with Gasteiger partial charge in [0.15, 0.2) is 0 Å². The molecule has 0 saturated carbocycles. The standard InChI is InChI=1S/C13H15ClN2/c1-10-8-11(14)4-5-12(10)13(9-15)16-6-2-3-7-16/h4-5,8,13H,2-3,6-7H2,1H3. The predicted molar refractivity (Wildman–Crippen MR) is 65.4 cm³/mol. The first kappa shape index (κ1) is 11.4. The third-order valence-corrected chi connectivity index (χ3v) is 3.39. The van der Waals surface area contributed by atoms with Gasteiger partial charge in [-0.2, -0.15) is 5.26 Å². The van der Waals surface area contributed by atoms with Gasteiger partial charge < -0.3 is 0 Å². The number of aryl methyl sites for hydroxylation is 1. The van der Waals surface area contributed by atoms with Crippen LogP contribution in [-0.2, 0) is 0 Å². The Morgan fingerprint density at radius 1 is 1.38 bits per heavy atom. The van der Waals surface area contributed by atoms with Crippen LogP contribution in [0.5, 0.6) is 0 Å². The molecule has 16 heavy (non-hydrogen) atoms. The Hall–Kier alpha value is -1.04. The zero-order chi connectivity index (χ0) is 11.5. The van der Waals surface area contributed by atoms with Gasteiger partial charge >= 0.3 is 0 Å². The van der Waals surface area contributed by atoms with E-state index in [4.69, 9.17) is 11.6 Å². The number of hydrogen-bond donors (Lipinski definition) is 0. The molecule has 1 fully saturated rings. The molecule has 0 N–H and O–H groups in total. The van der Waals surface area contributed by atoms with Gasteiger partial charge in [0.05, 0.1) is 6.07 Å². The molecule has 3 heteroatoms. The molecule has 0 bridgehead atoms. The highest BCUT2D eigenvalue weighted by molar-refractivity contribution is 6.30. The highest BCUT2D eigenvalue weighted by Gasteiger charge is 2.24. The largest absolute Gasteiger partial charge is 0.284 e. The van der Waals surface area contributed by atoms with E-state index in [0.29, 0.717) is 0 Å². The van der Waals surface area contributed by atoms with Gasteiger partial charge in [-0.3, -0.25) is 4.90 Å². The molecule has 1 aliphatic heterocycles. The van der Waals surface area contributed by atoms with Crippen molar-refractivity contribution in [2.45, 2.75) is 25.8 Å². The molecule has 0 radical (unpaired) electrons. The monoisotopic (exact) mass is 234 g/mol. The minimum absolute atomic E-state index is 0.111. The minimum atomic E-state index is -0.111. The zero-order valence-electron chi connectivity index (χ0n) is 9.41. The van der Waals surface area contributed by atoms with Crippen LogP contribution in [0.4, 0.5) is 0 Å². The lowest BCUT2D eigenvalue weighted by Crippen LogP contribution is -2.25. The van der Waals surface area contributed by atoms with E-state index in [0.717, 1.165) is 29.2 Å². The normalized spacial score (nSPS) is 18.3. The van der Waals surface area contributed by atoms with Crippen LogP contribution in [0.2, 0.25) is 5.02 Å². The van der Waals surface area contributed by atoms with Gasteiger partial charge in [0, 0.05) is 5.02 Å². The minimum Gasteiger partial charge on any atom is -0.284 e. The van der Waals surface area contributed by atoms with Crippen LogP contribution in [0.3, 0.4) is 0 Å². The van der Waals surface area contributed by atoms with E-state index in [-0.39, 0.29) is 6.04 Å². The lowest BCUT2D eigenvalue weighted by atomic mass is 10.0. The van der Waals surface area contributed by atoms with Gasteiger partial charge in [-0.25, -0.2) is 0 Å². The van der Waals surface area contributed by atoms with Gasteiger partial charge in [-0.1, -0.05) is 17.7 Å². The Morgan fingerprint density at radius 2 is 2.06 bits per heavy atom. The van der Waals surface area contributed by atoms with Crippen molar-refractivity contribution < 1.29 is 0 Å². The molecule has 1 aliphatic rings. The number of rotatable bonds is 2. The molecule has 0 aromatic heterocycles. The summed E-state index contributed by atoms with van der Waals surface area (Å²) in [6.45, 7) is 4.07. The van der Waals surface area contributed by atoms with E-state index in [9.17, 15) is 5.26 Å². The van der Waals surface area contributed by atoms with Gasteiger partial charge in [0.25, 0.3) is 0 Å². The molecule has 2 rings (SSSR count). The summed E-state index contributed by atoms with van der Waals surface area (Å²) in [5, 5.41) is 10.0. The van der Waals surface area contributed by atoms with Crippen LogP contribution in [0.1, 0.15) is 30.0 Å². The number of benzene rings is 1. The van der Waals surface area contributed by atoms with Crippen molar-refractivity contribution in [2.24, 2.45) is 0 Å². The van der Waals surface area contributed by atoms with E-state index < -0.39 is 0 Å². The summed E-state index contributed by atoms with van der Waals surface area (Å²) < 4.78 is 0. The topological polar surface area (TPSA) is 27.0 Å². The van der Waals surface area contributed by atoms with Crippen molar-refractivity contribution in [1.82, 2.24) is 4.90 Å². The van der Waals surface area contributed by atoms with Crippen LogP contribution >= 0.6 is 11.6 Å². The third-order valence-electron chi connectivity index (χ3n) is 3.15. The summed E-state index contributed by atoms with van der Waals surface area (Å²) in [5.74, 6) is 0. The Bertz CT molecular complexity index is 416. The molecule has 0 amide bonds. The predicted octanol–water partition coefficient (Wildman–Crippen LogP) is 3.31. The number of halogens is 1. The van der Waals surface area contributed by atoms with Gasteiger partial charge in [-0.15, -0.1) is 0 Å². The lowest BCUT2D eigenvalue weighted by Gasteiger charge is -2.23. The number of nitriles is 1. The average molecular weight is 235 g/mol. The second kappa shape index (κ2) is 4.86. The van der Waals surface area contributed by atoms with E-state index in [1.807, 2.05) is 25.1 Å². The molecular weight excluding hydrogens is 220 g/mol. The van der Waals surface area contributed by atoms with Gasteiger partial charge in [-0.05, 0) is 56.1 Å². The fourth-order valence-electron chi connectivity index (χ4n) is 2.29. The Balaban J connectivity index is 2.30. The maximum atomic E-state index is 9.31. The van der Waals surface area contributed by atoms with Crippen molar-refractivity contribution >= 4 is 11.6 Å². The maximum absolute atomic E-state index is 9.31. The summed E-state index contributed by atoms with van der Waals surface area (Å²) in [7, 11) is 0. The van der Waals surface area contributed by atoms with Crippen molar-refractivity contribution in [1.29, 1.82) is 5.26 Å². The molecule has 1 saturated heterocycles. The molecule has 1 atom stereocenters. The number of nitrogens with zero attached hydrogens (tertiary/aromatic N) is 2. The second-order valence-corrected chi connectivity index (χ2v) is 4.71. The second-order valence-electron chi connectivity index (χ2n) is 4.28. The smallest absolute Gasteiger partial charge is 0.124 e. The van der Waals surface area contributed by atoms with E-state index in [2.05, 4.69) is 11.0 Å². The molecule has 1 unspecified atom stereocenters. The van der Waals surface area contributed by atoms with Crippen molar-refractivity contribution in [3.8, 4) is 6.07 Å². The fraction of sp³-hybridized carbons (Fsp3) is 0.462. The Labute approximate surface area is 101 Å². The zero-order valence-corrected chi connectivity index (χ0v) is 10.2. The van der Waals surface area contributed by atoms with E-state index in [1.54, 1.807) is 0 Å². The van der Waals surface area contributed by atoms with Crippen LogP contribution in [-0.4, -0.2) is 18.0 Å². The fourth-order valence-corrected chi connectivity index (χ4v) is 2.52. The lowest BCUT2D eigenvalue weighted by molar-refractivity contribution is 0.293. The Morgan fingerprint density at radius 3 is 2.62 bits per heavy atom. The van der Waals surface area contributed by atoms with Crippen LogP contribution in [0, 0.1) is 18.3 Å². The summed E-state index contributed by atoms with van der Waals surface area (Å²) in [6.07, 6.45) is 2.40. The van der Waals surface area contributed by atoms with Gasteiger partial charge in [0.2, 0.25) is 0 Å². The first-order valence-corrected chi connectivity index (χ1v) is 6.00. The molecule has 1 aromatic carbocycles.